The van der Waals surface area contributed by atoms with Gasteiger partial charge in [0.2, 0.25) is 23.6 Å². The van der Waals surface area contributed by atoms with Crippen LogP contribution < -0.4 is 31.1 Å². The van der Waals surface area contributed by atoms with Crippen LogP contribution in [0.2, 0.25) is 0 Å². The van der Waals surface area contributed by atoms with E-state index >= 15 is 0 Å². The molecular formula is C65H102N10O14S2. The summed E-state index contributed by atoms with van der Waals surface area (Å²) in [6, 6.07) is -3.49. The molecule has 6 aliphatic heterocycles. The molecule has 0 unspecified atom stereocenters. The number of amides is 7. The largest absolute Gasteiger partial charge is 0.444 e. The molecular weight excluding hydrogens is 1210 g/mol. The van der Waals surface area contributed by atoms with Gasteiger partial charge in [-0.15, -0.1) is 13.2 Å². The third-order valence-corrected chi connectivity index (χ3v) is 29.0. The SMILES string of the molecule is C=C[C@@H]1C[C@]1(NC(=O)[C@@H]1C[C@@]2(CN1C(=O)[C@@H](N)C1(C)CCOCC1)C(C)(C)C21CCC1)C(=O)NS(=O)(=O)N1CCCC1.C=C[C@@H]1C[C@]1(NC(=O)[C@@H]1C[C@@]2(CN1C(=O)[C@@H](NC(=O)OC(C)(C)C)C1(C)CCOCC1)C(C)(C)C21CCC1)C(=O)NS(=O)(=O)N1CCCC1. The molecule has 7 N–H and O–H groups in total. The van der Waals surface area contributed by atoms with Crippen molar-refractivity contribution in [1.82, 2.24) is 43.8 Å². The van der Waals surface area contributed by atoms with Gasteiger partial charge in [-0.2, -0.15) is 25.4 Å². The molecule has 4 spiro atoms. The van der Waals surface area contributed by atoms with E-state index in [9.17, 15) is 50.4 Å². The smallest absolute Gasteiger partial charge is 0.408 e. The van der Waals surface area contributed by atoms with Crippen LogP contribution in [0.5, 0.6) is 0 Å². The molecule has 508 valence electrons. The minimum atomic E-state index is -4.08. The van der Waals surface area contributed by atoms with Crippen molar-refractivity contribution in [2.75, 3.05) is 65.7 Å². The molecule has 7 amide bonds. The van der Waals surface area contributed by atoms with Crippen LogP contribution in [0.3, 0.4) is 0 Å². The van der Waals surface area contributed by atoms with E-state index in [1.807, 2.05) is 13.8 Å². The summed E-state index contributed by atoms with van der Waals surface area (Å²) >= 11 is 0. The van der Waals surface area contributed by atoms with Crippen LogP contribution in [0, 0.1) is 55.2 Å². The van der Waals surface area contributed by atoms with E-state index in [0.29, 0.717) is 117 Å². The first kappa shape index (κ1) is 67.7. The van der Waals surface area contributed by atoms with Crippen LogP contribution in [0.25, 0.3) is 0 Å². The maximum atomic E-state index is 14.9. The monoisotopic (exact) mass is 1310 g/mol. The lowest BCUT2D eigenvalue weighted by molar-refractivity contribution is -0.145. The van der Waals surface area contributed by atoms with Crippen molar-refractivity contribution in [3.05, 3.63) is 25.3 Å². The van der Waals surface area contributed by atoms with Gasteiger partial charge in [0.05, 0.1) is 6.04 Å². The summed E-state index contributed by atoms with van der Waals surface area (Å²) < 4.78 is 75.6. The molecule has 6 saturated carbocycles. The molecule has 12 rings (SSSR count). The van der Waals surface area contributed by atoms with E-state index in [1.54, 1.807) is 42.7 Å². The maximum absolute atomic E-state index is 14.9. The standard InChI is InChI=1S/C35H55N5O8S.C30H47N5O6S/c1-8-23-20-35(23,28(43)38-49(45,46)39-16-9-10-17-39)37-26(41)24-21-34(31(5,6)33(34)12-11-13-33)22-40(24)27(42)25(32(7)14-18-47-19-15-32)36-29(44)48-30(2,3)4;1-5-20-17-30(20,25(38)33-42(39,40)34-13-6-7-14-34)32-23(36)21-18-29(26(2,3)28(29)9-8-10-28)19-35(21)24(37)22(31)27(4)11-15-41-16-12-27/h8,23-25H,1,9-22H2,2-7H3,(H,36,44)(H,37,41)(H,38,43);5,20-22H,1,6-19,31H2,2-4H3,(H,32,36)(H,33,38)/t23-,24+,25-,34-,35-;20-,21+,22-,29-,30-/m11/s1. The van der Waals surface area contributed by atoms with Gasteiger partial charge in [0, 0.05) is 93.8 Å². The summed E-state index contributed by atoms with van der Waals surface area (Å²) in [5, 5.41) is 8.76. The summed E-state index contributed by atoms with van der Waals surface area (Å²) in [6.45, 7) is 30.0. The highest BCUT2D eigenvalue weighted by Crippen LogP contribution is 2.89. The summed E-state index contributed by atoms with van der Waals surface area (Å²) in [6.07, 6.45) is 15.5. The summed E-state index contributed by atoms with van der Waals surface area (Å²) in [7, 11) is -8.10. The molecule has 0 aromatic carbocycles. The zero-order chi connectivity index (χ0) is 66.2. The molecule has 12 aliphatic rings. The molecule has 6 heterocycles. The molecule has 0 aromatic rings. The number of rotatable bonds is 17. The second-order valence-corrected chi connectivity index (χ2v) is 35.2. The molecule has 6 aliphatic carbocycles. The Kier molecular flexibility index (Phi) is 17.1. The van der Waals surface area contributed by atoms with Gasteiger partial charge >= 0.3 is 26.5 Å². The van der Waals surface area contributed by atoms with E-state index in [-0.39, 0.29) is 57.1 Å². The molecule has 26 heteroatoms. The van der Waals surface area contributed by atoms with Crippen LogP contribution in [0.15, 0.2) is 25.3 Å². The van der Waals surface area contributed by atoms with Crippen LogP contribution in [-0.2, 0) is 63.4 Å². The number of carbonyl (C=O) groups excluding carboxylic acids is 7. The Morgan fingerprint density at radius 3 is 1.25 bits per heavy atom. The Bertz CT molecular complexity index is 3210. The molecule has 12 fully saturated rings. The second kappa shape index (κ2) is 23.0. The van der Waals surface area contributed by atoms with Crippen LogP contribution >= 0.6 is 0 Å². The van der Waals surface area contributed by atoms with Crippen molar-refractivity contribution >= 4 is 62.0 Å². The first-order valence-electron chi connectivity index (χ1n) is 33.5. The minimum Gasteiger partial charge on any atom is -0.444 e. The fraction of sp³-hybridized carbons (Fsp3) is 0.831. The Balaban J connectivity index is 0.000000189. The summed E-state index contributed by atoms with van der Waals surface area (Å²) in [5.74, 6) is -3.98. The molecule has 0 bridgehead atoms. The molecule has 0 aromatic heterocycles. The van der Waals surface area contributed by atoms with Gasteiger partial charge in [-0.25, -0.2) is 14.2 Å². The minimum absolute atomic E-state index is 0.00628. The zero-order valence-electron chi connectivity index (χ0n) is 55.2. The van der Waals surface area contributed by atoms with Crippen LogP contribution in [0.4, 0.5) is 4.79 Å². The fourth-order valence-electron chi connectivity index (χ4n) is 19.1. The fourth-order valence-corrected chi connectivity index (χ4v) is 21.7. The number of nitrogens with one attached hydrogen (secondary N) is 5. The Labute approximate surface area is 538 Å². The normalized spacial score (nSPS) is 34.9. The lowest BCUT2D eigenvalue weighted by Crippen LogP contribution is -2.62. The van der Waals surface area contributed by atoms with E-state index in [4.69, 9.17) is 19.9 Å². The lowest BCUT2D eigenvalue weighted by Gasteiger charge is -2.42. The molecule has 91 heavy (non-hydrogen) atoms. The van der Waals surface area contributed by atoms with Crippen molar-refractivity contribution in [3.63, 3.8) is 0 Å². The number of carbonyl (C=O) groups is 7. The summed E-state index contributed by atoms with van der Waals surface area (Å²) in [5.41, 5.74) is 1.35. The van der Waals surface area contributed by atoms with Gasteiger partial charge in [-0.1, -0.05) is 66.5 Å². The number of alkyl carbamates (subject to hydrolysis) is 1. The van der Waals surface area contributed by atoms with Gasteiger partial charge in [-0.05, 0) is 151 Å². The van der Waals surface area contributed by atoms with Crippen LogP contribution in [0.1, 0.15) is 178 Å². The van der Waals surface area contributed by atoms with E-state index in [0.717, 1.165) is 51.4 Å². The topological polar surface area (TPSA) is 315 Å². The predicted octanol–water partition coefficient (Wildman–Crippen LogP) is 4.46. The maximum Gasteiger partial charge on any atom is 0.408 e. The average Bonchev–Trinajstić information content (AvgIpc) is 1.46. The number of nitrogens with zero attached hydrogens (tertiary/aromatic N) is 4. The van der Waals surface area contributed by atoms with E-state index < -0.39 is 114 Å². The van der Waals surface area contributed by atoms with Crippen molar-refractivity contribution < 1.29 is 64.6 Å². The number of hydrogen-bond acceptors (Lipinski definition) is 15. The van der Waals surface area contributed by atoms with Crippen LogP contribution in [-0.4, -0.2) is 183 Å². The van der Waals surface area contributed by atoms with Gasteiger partial charge < -0.3 is 45.7 Å². The number of ether oxygens (including phenoxy) is 3. The van der Waals surface area contributed by atoms with E-state index in [1.165, 1.54) is 8.61 Å². The van der Waals surface area contributed by atoms with Crippen molar-refractivity contribution in [3.8, 4) is 0 Å². The molecule has 10 atom stereocenters. The third kappa shape index (κ3) is 10.8. The highest BCUT2D eigenvalue weighted by molar-refractivity contribution is 7.88. The first-order chi connectivity index (χ1) is 42.5. The van der Waals surface area contributed by atoms with E-state index in [2.05, 4.69) is 66.2 Å². The Hall–Kier alpha value is -4.73. The van der Waals surface area contributed by atoms with Gasteiger partial charge in [-0.3, -0.25) is 28.8 Å². The van der Waals surface area contributed by atoms with Gasteiger partial charge in [0.15, 0.2) is 0 Å². The third-order valence-electron chi connectivity index (χ3n) is 26.0. The van der Waals surface area contributed by atoms with Crippen molar-refractivity contribution in [1.29, 1.82) is 0 Å². The zero-order valence-corrected chi connectivity index (χ0v) is 56.9. The van der Waals surface area contributed by atoms with Gasteiger partial charge in [0.25, 0.3) is 11.8 Å². The quantitative estimate of drug-likeness (QED) is 0.110. The number of hydrogen-bond donors (Lipinski definition) is 6. The number of nitrogens with two attached hydrogens (primary N) is 1. The second-order valence-electron chi connectivity index (χ2n) is 31.8. The molecule has 24 nitrogen and oxygen atoms in total. The predicted molar refractivity (Wildman–Crippen MR) is 337 cm³/mol. The average molecular weight is 1310 g/mol. The lowest BCUT2D eigenvalue weighted by atomic mass is 9.73. The van der Waals surface area contributed by atoms with Crippen molar-refractivity contribution in [2.45, 2.75) is 219 Å². The van der Waals surface area contributed by atoms with Gasteiger partial charge in [0.1, 0.15) is 34.8 Å². The highest BCUT2D eigenvalue weighted by Gasteiger charge is 2.87. The summed E-state index contributed by atoms with van der Waals surface area (Å²) in [4.78, 5) is 102. The Morgan fingerprint density at radius 1 is 0.549 bits per heavy atom. The highest BCUT2D eigenvalue weighted by atomic mass is 32.2. The first-order valence-corrected chi connectivity index (χ1v) is 36.4. The number of likely N-dealkylation sites (tertiary alicyclic amines) is 2. The number of fused-ring (bicyclic) bond motifs is 2. The Morgan fingerprint density at radius 2 is 0.923 bits per heavy atom. The molecule has 0 radical (unpaired) electrons. The molecule has 6 saturated heterocycles. The van der Waals surface area contributed by atoms with Crippen molar-refractivity contribution in [2.24, 2.45) is 60.9 Å².